The maximum absolute atomic E-state index is 5.91. The number of halogens is 1. The molecule has 1 aromatic rings. The van der Waals surface area contributed by atoms with E-state index in [2.05, 4.69) is 36.2 Å². The molecule has 2 rings (SSSR count). The van der Waals surface area contributed by atoms with E-state index in [-0.39, 0.29) is 0 Å². The number of hydrogen-bond acceptors (Lipinski definition) is 2. The van der Waals surface area contributed by atoms with E-state index in [9.17, 15) is 0 Å². The zero-order valence-electron chi connectivity index (χ0n) is 11.3. The van der Waals surface area contributed by atoms with E-state index in [0.717, 1.165) is 37.1 Å². The molecule has 1 aromatic carbocycles. The number of hydrogen-bond donors (Lipinski definition) is 1. The molecule has 1 N–H and O–H groups in total. The summed E-state index contributed by atoms with van der Waals surface area (Å²) in [4.78, 5) is 2.54. The highest BCUT2D eigenvalue weighted by Gasteiger charge is 2.22. The lowest BCUT2D eigenvalue weighted by Crippen LogP contribution is -2.52. The molecule has 3 heteroatoms. The molecular weight excluding hydrogens is 244 g/mol. The Morgan fingerprint density at radius 2 is 2.11 bits per heavy atom. The van der Waals surface area contributed by atoms with Crippen LogP contribution in [0.3, 0.4) is 0 Å². The number of piperazine rings is 1. The lowest BCUT2D eigenvalue weighted by atomic mass is 9.97. The molecule has 2 unspecified atom stereocenters. The third-order valence-electron chi connectivity index (χ3n) is 3.94. The monoisotopic (exact) mass is 266 g/mol. The molecule has 0 spiro atoms. The van der Waals surface area contributed by atoms with Crippen LogP contribution in [0.15, 0.2) is 24.3 Å². The Kier molecular flexibility index (Phi) is 5.04. The van der Waals surface area contributed by atoms with Crippen molar-refractivity contribution in [1.29, 1.82) is 0 Å². The van der Waals surface area contributed by atoms with Gasteiger partial charge in [-0.3, -0.25) is 4.90 Å². The normalized spacial score (nSPS) is 22.9. The van der Waals surface area contributed by atoms with Crippen LogP contribution in [0, 0.1) is 5.92 Å². The second-order valence-electron chi connectivity index (χ2n) is 5.31. The van der Waals surface area contributed by atoms with Crippen molar-refractivity contribution < 1.29 is 0 Å². The molecule has 1 heterocycles. The van der Waals surface area contributed by atoms with Gasteiger partial charge in [-0.1, -0.05) is 44.0 Å². The topological polar surface area (TPSA) is 15.3 Å². The predicted molar refractivity (Wildman–Crippen MR) is 78.0 cm³/mol. The van der Waals surface area contributed by atoms with Crippen LogP contribution >= 0.6 is 11.6 Å². The Labute approximate surface area is 115 Å². The van der Waals surface area contributed by atoms with Gasteiger partial charge in [-0.15, -0.1) is 0 Å². The Balaban J connectivity index is 1.91. The summed E-state index contributed by atoms with van der Waals surface area (Å²) in [5.41, 5.74) is 1.35. The van der Waals surface area contributed by atoms with Gasteiger partial charge in [0.05, 0.1) is 0 Å². The van der Waals surface area contributed by atoms with E-state index in [1.54, 1.807) is 0 Å². The molecule has 1 aliphatic rings. The van der Waals surface area contributed by atoms with E-state index in [0.29, 0.717) is 6.04 Å². The molecule has 0 bridgehead atoms. The van der Waals surface area contributed by atoms with Crippen molar-refractivity contribution in [1.82, 2.24) is 10.2 Å². The maximum Gasteiger partial charge on any atom is 0.0406 e. The van der Waals surface area contributed by atoms with Crippen molar-refractivity contribution in [3.63, 3.8) is 0 Å². The molecule has 1 aliphatic heterocycles. The zero-order valence-corrected chi connectivity index (χ0v) is 12.1. The highest BCUT2D eigenvalue weighted by atomic mass is 35.5. The molecule has 0 aromatic heterocycles. The van der Waals surface area contributed by atoms with E-state index in [1.165, 1.54) is 12.0 Å². The van der Waals surface area contributed by atoms with Gasteiger partial charge < -0.3 is 5.32 Å². The first-order valence-electron chi connectivity index (χ1n) is 6.89. The van der Waals surface area contributed by atoms with Gasteiger partial charge in [-0.05, 0) is 23.6 Å². The molecule has 0 radical (unpaired) electrons. The Hall–Kier alpha value is -0.570. The van der Waals surface area contributed by atoms with Crippen molar-refractivity contribution in [3.8, 4) is 0 Å². The number of rotatable bonds is 4. The van der Waals surface area contributed by atoms with Crippen LogP contribution in [0.25, 0.3) is 0 Å². The highest BCUT2D eigenvalue weighted by Crippen LogP contribution is 2.16. The average Bonchev–Trinajstić information content (AvgIpc) is 2.41. The maximum atomic E-state index is 5.91. The summed E-state index contributed by atoms with van der Waals surface area (Å²) >= 11 is 5.91. The first-order valence-corrected chi connectivity index (χ1v) is 7.27. The second kappa shape index (κ2) is 6.55. The molecule has 2 atom stereocenters. The van der Waals surface area contributed by atoms with E-state index in [1.807, 2.05) is 12.1 Å². The van der Waals surface area contributed by atoms with Crippen molar-refractivity contribution in [3.05, 3.63) is 34.9 Å². The second-order valence-corrected chi connectivity index (χ2v) is 5.74. The average molecular weight is 267 g/mol. The van der Waals surface area contributed by atoms with Crippen LogP contribution in [-0.4, -0.2) is 30.6 Å². The van der Waals surface area contributed by atoms with Gasteiger partial charge in [0.1, 0.15) is 0 Å². The van der Waals surface area contributed by atoms with Crippen LogP contribution < -0.4 is 5.32 Å². The summed E-state index contributed by atoms with van der Waals surface area (Å²) in [6.45, 7) is 9.02. The van der Waals surface area contributed by atoms with Crippen LogP contribution in [0.5, 0.6) is 0 Å². The number of nitrogens with zero attached hydrogens (tertiary/aromatic N) is 1. The summed E-state index contributed by atoms with van der Waals surface area (Å²) in [5.74, 6) is 0.748. The van der Waals surface area contributed by atoms with E-state index < -0.39 is 0 Å². The van der Waals surface area contributed by atoms with Crippen molar-refractivity contribution in [2.45, 2.75) is 32.9 Å². The molecule has 2 nitrogen and oxygen atoms in total. The molecule has 1 fully saturated rings. The van der Waals surface area contributed by atoms with Crippen molar-refractivity contribution >= 4 is 11.6 Å². The van der Waals surface area contributed by atoms with Crippen LogP contribution in [0.4, 0.5) is 0 Å². The first-order chi connectivity index (χ1) is 8.69. The van der Waals surface area contributed by atoms with Gasteiger partial charge in [0, 0.05) is 37.2 Å². The SMILES string of the molecule is CCC(C)C1CN(Cc2ccc(Cl)cc2)CCN1. The quantitative estimate of drug-likeness (QED) is 0.901. The lowest BCUT2D eigenvalue weighted by Gasteiger charge is -2.36. The minimum atomic E-state index is 0.635. The molecule has 100 valence electrons. The zero-order chi connectivity index (χ0) is 13.0. The predicted octanol–water partition coefficient (Wildman–Crippen LogP) is 3.16. The molecule has 0 saturated carbocycles. The van der Waals surface area contributed by atoms with Gasteiger partial charge in [0.25, 0.3) is 0 Å². The molecule has 1 saturated heterocycles. The minimum absolute atomic E-state index is 0.635. The van der Waals surface area contributed by atoms with Crippen LogP contribution in [0.2, 0.25) is 5.02 Å². The Morgan fingerprint density at radius 1 is 1.39 bits per heavy atom. The number of benzene rings is 1. The Bertz CT molecular complexity index is 363. The first kappa shape index (κ1) is 13.9. The smallest absolute Gasteiger partial charge is 0.0406 e. The summed E-state index contributed by atoms with van der Waals surface area (Å²) in [6, 6.07) is 8.85. The summed E-state index contributed by atoms with van der Waals surface area (Å²) < 4.78 is 0. The number of nitrogens with one attached hydrogen (secondary N) is 1. The van der Waals surface area contributed by atoms with Crippen molar-refractivity contribution in [2.24, 2.45) is 5.92 Å². The summed E-state index contributed by atoms with van der Waals surface area (Å²) in [5, 5.41) is 4.45. The highest BCUT2D eigenvalue weighted by molar-refractivity contribution is 6.30. The van der Waals surface area contributed by atoms with Gasteiger partial charge in [-0.25, -0.2) is 0 Å². The fourth-order valence-electron chi connectivity index (χ4n) is 2.50. The summed E-state index contributed by atoms with van der Waals surface area (Å²) in [6.07, 6.45) is 1.24. The Morgan fingerprint density at radius 3 is 2.78 bits per heavy atom. The van der Waals surface area contributed by atoms with E-state index >= 15 is 0 Å². The van der Waals surface area contributed by atoms with Gasteiger partial charge in [-0.2, -0.15) is 0 Å². The van der Waals surface area contributed by atoms with Crippen molar-refractivity contribution in [2.75, 3.05) is 19.6 Å². The fourth-order valence-corrected chi connectivity index (χ4v) is 2.63. The minimum Gasteiger partial charge on any atom is -0.311 e. The molecule has 0 amide bonds. The van der Waals surface area contributed by atoms with Gasteiger partial charge >= 0.3 is 0 Å². The third-order valence-corrected chi connectivity index (χ3v) is 4.19. The fraction of sp³-hybridized carbons (Fsp3) is 0.600. The molecular formula is C15H23ClN2. The van der Waals surface area contributed by atoms with Gasteiger partial charge in [0.2, 0.25) is 0 Å². The third kappa shape index (κ3) is 3.71. The summed E-state index contributed by atoms with van der Waals surface area (Å²) in [7, 11) is 0. The lowest BCUT2D eigenvalue weighted by molar-refractivity contribution is 0.162. The molecule has 18 heavy (non-hydrogen) atoms. The molecule has 0 aliphatic carbocycles. The van der Waals surface area contributed by atoms with Crippen LogP contribution in [0.1, 0.15) is 25.8 Å². The largest absolute Gasteiger partial charge is 0.311 e. The van der Waals surface area contributed by atoms with Crippen LogP contribution in [-0.2, 0) is 6.54 Å². The van der Waals surface area contributed by atoms with E-state index in [4.69, 9.17) is 11.6 Å². The standard InChI is InChI=1S/C15H23ClN2/c1-3-12(2)15-11-18(9-8-17-15)10-13-4-6-14(16)7-5-13/h4-7,12,15,17H,3,8-11H2,1-2H3. The van der Waals surface area contributed by atoms with Gasteiger partial charge in [0.15, 0.2) is 0 Å².